The summed E-state index contributed by atoms with van der Waals surface area (Å²) in [5.41, 5.74) is 2.22. The average molecular weight is 271 g/mol. The van der Waals surface area contributed by atoms with Crippen molar-refractivity contribution in [1.29, 1.82) is 0 Å². The van der Waals surface area contributed by atoms with Crippen molar-refractivity contribution in [2.24, 2.45) is 0 Å². The van der Waals surface area contributed by atoms with E-state index in [1.54, 1.807) is 6.07 Å². The number of nitrogens with zero attached hydrogens (tertiary/aromatic N) is 1. The molecule has 106 valence electrons. The summed E-state index contributed by atoms with van der Waals surface area (Å²) in [6, 6.07) is 9.62. The van der Waals surface area contributed by atoms with Gasteiger partial charge in [0.2, 0.25) is 0 Å². The molecule has 0 spiro atoms. The standard InChI is InChI=1S/C16H21N3O/c1-3-4-7-10-18-16(20)15-11-14(17-2)12-8-5-6-9-13(12)19-15/h5-6,8-9,11H,3-4,7,10H2,1-2H3,(H,17,19)(H,18,20). The summed E-state index contributed by atoms with van der Waals surface area (Å²) < 4.78 is 0. The summed E-state index contributed by atoms with van der Waals surface area (Å²) in [6.45, 7) is 2.85. The Morgan fingerprint density at radius 3 is 2.80 bits per heavy atom. The van der Waals surface area contributed by atoms with E-state index in [2.05, 4.69) is 22.5 Å². The lowest BCUT2D eigenvalue weighted by Crippen LogP contribution is -2.25. The molecular formula is C16H21N3O. The van der Waals surface area contributed by atoms with E-state index in [-0.39, 0.29) is 5.91 Å². The van der Waals surface area contributed by atoms with Crippen molar-refractivity contribution in [1.82, 2.24) is 10.3 Å². The number of rotatable bonds is 6. The molecule has 1 aromatic heterocycles. The van der Waals surface area contributed by atoms with E-state index in [9.17, 15) is 4.79 Å². The van der Waals surface area contributed by atoms with Gasteiger partial charge in [-0.1, -0.05) is 38.0 Å². The predicted molar refractivity (Wildman–Crippen MR) is 83.1 cm³/mol. The van der Waals surface area contributed by atoms with Gasteiger partial charge >= 0.3 is 0 Å². The van der Waals surface area contributed by atoms with Crippen LogP contribution in [-0.2, 0) is 0 Å². The summed E-state index contributed by atoms with van der Waals surface area (Å²) in [5, 5.41) is 7.07. The van der Waals surface area contributed by atoms with E-state index in [4.69, 9.17) is 0 Å². The molecule has 0 saturated carbocycles. The number of amides is 1. The number of benzene rings is 1. The van der Waals surface area contributed by atoms with Crippen LogP contribution in [0.2, 0.25) is 0 Å². The maximum atomic E-state index is 12.1. The molecule has 0 radical (unpaired) electrons. The summed E-state index contributed by atoms with van der Waals surface area (Å²) >= 11 is 0. The van der Waals surface area contributed by atoms with Gasteiger partial charge in [0, 0.05) is 24.7 Å². The third-order valence-electron chi connectivity index (χ3n) is 3.28. The SMILES string of the molecule is CCCCCNC(=O)c1cc(NC)c2ccccc2n1. The minimum absolute atomic E-state index is 0.108. The van der Waals surface area contributed by atoms with Gasteiger partial charge in [0.15, 0.2) is 0 Å². The molecule has 0 unspecified atom stereocenters. The Balaban J connectivity index is 2.19. The Kier molecular flexibility index (Phi) is 4.93. The number of anilines is 1. The molecule has 0 fully saturated rings. The highest BCUT2D eigenvalue weighted by Gasteiger charge is 2.10. The van der Waals surface area contributed by atoms with Gasteiger partial charge in [-0.15, -0.1) is 0 Å². The Hall–Kier alpha value is -2.10. The first-order valence-corrected chi connectivity index (χ1v) is 7.12. The molecule has 1 heterocycles. The van der Waals surface area contributed by atoms with Gasteiger partial charge in [-0.3, -0.25) is 4.79 Å². The monoisotopic (exact) mass is 271 g/mol. The molecule has 0 aliphatic carbocycles. The van der Waals surface area contributed by atoms with Gasteiger partial charge < -0.3 is 10.6 Å². The molecule has 2 rings (SSSR count). The second-order valence-electron chi connectivity index (χ2n) is 4.79. The summed E-state index contributed by atoms with van der Waals surface area (Å²) in [6.07, 6.45) is 3.29. The molecule has 1 amide bonds. The van der Waals surface area contributed by atoms with Crippen LogP contribution >= 0.6 is 0 Å². The number of carbonyl (C=O) groups is 1. The second-order valence-corrected chi connectivity index (χ2v) is 4.79. The molecule has 20 heavy (non-hydrogen) atoms. The molecule has 0 atom stereocenters. The molecule has 4 heteroatoms. The van der Waals surface area contributed by atoms with Crippen molar-refractivity contribution in [3.05, 3.63) is 36.0 Å². The Morgan fingerprint density at radius 2 is 2.05 bits per heavy atom. The fourth-order valence-electron chi connectivity index (χ4n) is 2.17. The van der Waals surface area contributed by atoms with Crippen LogP contribution in [0.15, 0.2) is 30.3 Å². The van der Waals surface area contributed by atoms with Crippen LogP contribution in [0.5, 0.6) is 0 Å². The zero-order chi connectivity index (χ0) is 14.4. The number of fused-ring (bicyclic) bond motifs is 1. The quantitative estimate of drug-likeness (QED) is 0.793. The van der Waals surface area contributed by atoms with Gasteiger partial charge in [-0.25, -0.2) is 4.98 Å². The number of hydrogen-bond acceptors (Lipinski definition) is 3. The van der Waals surface area contributed by atoms with Crippen LogP contribution < -0.4 is 10.6 Å². The molecule has 0 aliphatic rings. The topological polar surface area (TPSA) is 54.0 Å². The highest BCUT2D eigenvalue weighted by atomic mass is 16.1. The molecular weight excluding hydrogens is 250 g/mol. The lowest BCUT2D eigenvalue weighted by Gasteiger charge is -2.09. The summed E-state index contributed by atoms with van der Waals surface area (Å²) in [4.78, 5) is 16.5. The largest absolute Gasteiger partial charge is 0.388 e. The number of carbonyl (C=O) groups excluding carboxylic acids is 1. The molecule has 1 aromatic carbocycles. The number of nitrogens with one attached hydrogen (secondary N) is 2. The Bertz CT molecular complexity index is 595. The van der Waals surface area contributed by atoms with E-state index in [1.807, 2.05) is 31.3 Å². The highest BCUT2D eigenvalue weighted by Crippen LogP contribution is 2.22. The minimum atomic E-state index is -0.108. The van der Waals surface area contributed by atoms with Crippen LogP contribution in [0.25, 0.3) is 10.9 Å². The number of para-hydroxylation sites is 1. The normalized spacial score (nSPS) is 10.5. The molecule has 0 aliphatic heterocycles. The zero-order valence-corrected chi connectivity index (χ0v) is 12.1. The number of aromatic nitrogens is 1. The molecule has 4 nitrogen and oxygen atoms in total. The lowest BCUT2D eigenvalue weighted by molar-refractivity contribution is 0.0948. The average Bonchev–Trinajstić information content (AvgIpc) is 2.50. The molecule has 2 aromatic rings. The van der Waals surface area contributed by atoms with Crippen LogP contribution in [-0.4, -0.2) is 24.5 Å². The first-order chi connectivity index (χ1) is 9.76. The maximum absolute atomic E-state index is 12.1. The van der Waals surface area contributed by atoms with Crippen molar-refractivity contribution in [2.45, 2.75) is 26.2 Å². The third kappa shape index (κ3) is 3.26. The third-order valence-corrected chi connectivity index (χ3v) is 3.28. The van der Waals surface area contributed by atoms with Crippen molar-refractivity contribution >= 4 is 22.5 Å². The van der Waals surface area contributed by atoms with Crippen molar-refractivity contribution in [2.75, 3.05) is 18.9 Å². The Morgan fingerprint density at radius 1 is 1.25 bits per heavy atom. The fraction of sp³-hybridized carbons (Fsp3) is 0.375. The molecule has 2 N–H and O–H groups in total. The second kappa shape index (κ2) is 6.89. The van der Waals surface area contributed by atoms with Gasteiger partial charge in [0.1, 0.15) is 5.69 Å². The lowest BCUT2D eigenvalue weighted by atomic mass is 10.1. The highest BCUT2D eigenvalue weighted by molar-refractivity contribution is 5.99. The molecule has 0 bridgehead atoms. The maximum Gasteiger partial charge on any atom is 0.269 e. The van der Waals surface area contributed by atoms with Crippen LogP contribution in [0.4, 0.5) is 5.69 Å². The summed E-state index contributed by atoms with van der Waals surface area (Å²) in [5.74, 6) is -0.108. The predicted octanol–water partition coefficient (Wildman–Crippen LogP) is 3.20. The van der Waals surface area contributed by atoms with E-state index < -0.39 is 0 Å². The van der Waals surface area contributed by atoms with E-state index in [0.717, 1.165) is 35.9 Å². The summed E-state index contributed by atoms with van der Waals surface area (Å²) in [7, 11) is 1.85. The number of unbranched alkanes of at least 4 members (excludes halogenated alkanes) is 2. The number of pyridine rings is 1. The Labute approximate surface area is 119 Å². The van der Waals surface area contributed by atoms with Gasteiger partial charge in [-0.2, -0.15) is 0 Å². The van der Waals surface area contributed by atoms with Crippen LogP contribution in [0.1, 0.15) is 36.7 Å². The molecule has 0 saturated heterocycles. The first kappa shape index (κ1) is 14.3. The smallest absolute Gasteiger partial charge is 0.269 e. The van der Waals surface area contributed by atoms with Crippen molar-refractivity contribution < 1.29 is 4.79 Å². The van der Waals surface area contributed by atoms with Crippen molar-refractivity contribution in [3.63, 3.8) is 0 Å². The first-order valence-electron chi connectivity index (χ1n) is 7.12. The van der Waals surface area contributed by atoms with Crippen molar-refractivity contribution in [3.8, 4) is 0 Å². The minimum Gasteiger partial charge on any atom is -0.388 e. The van der Waals surface area contributed by atoms with Gasteiger partial charge in [-0.05, 0) is 18.6 Å². The van der Waals surface area contributed by atoms with Gasteiger partial charge in [0.25, 0.3) is 5.91 Å². The van der Waals surface area contributed by atoms with Crippen LogP contribution in [0.3, 0.4) is 0 Å². The van der Waals surface area contributed by atoms with E-state index in [0.29, 0.717) is 12.2 Å². The van der Waals surface area contributed by atoms with E-state index >= 15 is 0 Å². The fourth-order valence-corrected chi connectivity index (χ4v) is 2.17. The van der Waals surface area contributed by atoms with Crippen LogP contribution in [0, 0.1) is 0 Å². The van der Waals surface area contributed by atoms with E-state index in [1.165, 1.54) is 0 Å². The zero-order valence-electron chi connectivity index (χ0n) is 12.1. The van der Waals surface area contributed by atoms with Gasteiger partial charge in [0.05, 0.1) is 5.52 Å². The number of hydrogen-bond donors (Lipinski definition) is 2.